The van der Waals surface area contributed by atoms with Gasteiger partial charge in [0.15, 0.2) is 0 Å². The number of allylic oxidation sites excluding steroid dienone is 1. The number of carbonyl (C=O) groups excluding carboxylic acids is 3. The molecule has 0 aliphatic heterocycles. The molecule has 3 N–H and O–H groups in total. The summed E-state index contributed by atoms with van der Waals surface area (Å²) in [6.45, 7) is 19.4. The summed E-state index contributed by atoms with van der Waals surface area (Å²) in [6.07, 6.45) is 2.53. The smallest absolute Gasteiger partial charge is 0.220 e. The number of ether oxygens (including phenoxy) is 4. The topological polar surface area (TPSA) is 126 Å². The number of primary amides is 1. The van der Waals surface area contributed by atoms with E-state index in [1.54, 1.807) is 6.92 Å². The van der Waals surface area contributed by atoms with Gasteiger partial charge in [0.1, 0.15) is 6.79 Å². The third kappa shape index (κ3) is 56.2. The first-order chi connectivity index (χ1) is 14.3. The number of nitrogens with two attached hydrogens (primary N) is 1. The average Bonchev–Trinajstić information content (AvgIpc) is 2.67. The Kier molecular flexibility index (Phi) is 41.2. The molecule has 0 radical (unpaired) electrons. The van der Waals surface area contributed by atoms with E-state index in [1.165, 1.54) is 13.3 Å². The highest BCUT2D eigenvalue weighted by molar-refractivity contribution is 5.74. The molecule has 9 nitrogen and oxygen atoms in total. The second kappa shape index (κ2) is 34.7. The van der Waals surface area contributed by atoms with Crippen molar-refractivity contribution >= 4 is 18.6 Å². The molecule has 0 spiro atoms. The van der Waals surface area contributed by atoms with Crippen LogP contribution >= 0.6 is 0 Å². The maximum atomic E-state index is 10.4. The Morgan fingerprint density at radius 2 is 1.10 bits per heavy atom. The lowest BCUT2D eigenvalue weighted by atomic mass is 10.4. The standard InChI is InChI=1S/C12H25NO5.C5H9NO.C3H8.CH2O/c1-2-4-15-6-8-17-10-11-18-9-7-16-5-3-12(13)14;1-4(2)6-5(3)7;1-3-2;1-2/h2-11H2,1H3,(H2,13,14);1H2,2-3H3,(H,6,7);3H2,1-2H3;1H2. The number of hydrogen-bond acceptors (Lipinski definition) is 7. The van der Waals surface area contributed by atoms with Crippen molar-refractivity contribution in [3.05, 3.63) is 12.3 Å². The summed E-state index contributed by atoms with van der Waals surface area (Å²) >= 11 is 0. The van der Waals surface area contributed by atoms with Crippen LogP contribution in [0.5, 0.6) is 0 Å². The molecule has 0 rings (SSSR count). The highest BCUT2D eigenvalue weighted by Gasteiger charge is 1.95. The van der Waals surface area contributed by atoms with E-state index in [9.17, 15) is 9.59 Å². The van der Waals surface area contributed by atoms with Gasteiger partial charge in [0.05, 0.1) is 46.2 Å². The third-order valence-corrected chi connectivity index (χ3v) is 2.35. The van der Waals surface area contributed by atoms with E-state index in [0.29, 0.717) is 51.9 Å². The van der Waals surface area contributed by atoms with Crippen LogP contribution in [0.2, 0.25) is 0 Å². The zero-order valence-electron chi connectivity index (χ0n) is 19.6. The SMILES string of the molecule is C=C(C)NC(C)=O.C=O.CCC.CCCOCCOCCOCCOCCC(N)=O. The first kappa shape index (κ1) is 35.6. The molecule has 0 aliphatic carbocycles. The van der Waals surface area contributed by atoms with Crippen LogP contribution in [0.4, 0.5) is 0 Å². The number of hydrogen-bond donors (Lipinski definition) is 2. The van der Waals surface area contributed by atoms with Crippen molar-refractivity contribution in [1.82, 2.24) is 5.32 Å². The lowest BCUT2D eigenvalue weighted by Crippen LogP contribution is -2.15. The van der Waals surface area contributed by atoms with Crippen molar-refractivity contribution in [2.24, 2.45) is 5.73 Å². The molecule has 0 atom stereocenters. The first-order valence-corrected chi connectivity index (χ1v) is 10.1. The highest BCUT2D eigenvalue weighted by Crippen LogP contribution is 1.85. The molecule has 0 saturated heterocycles. The van der Waals surface area contributed by atoms with Crippen LogP contribution in [0.25, 0.3) is 0 Å². The molecule has 180 valence electrons. The maximum absolute atomic E-state index is 10.4. The van der Waals surface area contributed by atoms with E-state index in [4.69, 9.17) is 29.5 Å². The van der Waals surface area contributed by atoms with Gasteiger partial charge in [-0.2, -0.15) is 0 Å². The molecule has 0 aliphatic rings. The van der Waals surface area contributed by atoms with Crippen molar-refractivity contribution < 1.29 is 33.3 Å². The van der Waals surface area contributed by atoms with Gasteiger partial charge in [-0.3, -0.25) is 9.59 Å². The number of carbonyl (C=O) groups is 3. The van der Waals surface area contributed by atoms with E-state index in [2.05, 4.69) is 32.7 Å². The third-order valence-electron chi connectivity index (χ3n) is 2.35. The zero-order valence-corrected chi connectivity index (χ0v) is 19.6. The second-order valence-corrected chi connectivity index (χ2v) is 5.83. The fourth-order valence-electron chi connectivity index (χ4n) is 1.38. The Bertz CT molecular complexity index is 368. The van der Waals surface area contributed by atoms with Crippen LogP contribution in [-0.4, -0.2) is 71.5 Å². The Morgan fingerprint density at radius 1 is 0.767 bits per heavy atom. The average molecular weight is 437 g/mol. The molecule has 0 heterocycles. The summed E-state index contributed by atoms with van der Waals surface area (Å²) in [7, 11) is 0. The van der Waals surface area contributed by atoms with Gasteiger partial charge < -0.3 is 34.8 Å². The lowest BCUT2D eigenvalue weighted by Gasteiger charge is -2.06. The summed E-state index contributed by atoms with van der Waals surface area (Å²) in [5.74, 6) is -0.415. The largest absolute Gasteiger partial charge is 0.379 e. The van der Waals surface area contributed by atoms with Gasteiger partial charge in [0.25, 0.3) is 0 Å². The van der Waals surface area contributed by atoms with Gasteiger partial charge >= 0.3 is 0 Å². The van der Waals surface area contributed by atoms with Gasteiger partial charge in [0, 0.05) is 25.6 Å². The fourth-order valence-corrected chi connectivity index (χ4v) is 1.38. The Labute approximate surface area is 182 Å². The van der Waals surface area contributed by atoms with Crippen LogP contribution in [0.1, 0.15) is 53.9 Å². The van der Waals surface area contributed by atoms with Crippen molar-refractivity contribution in [3.63, 3.8) is 0 Å². The minimum Gasteiger partial charge on any atom is -0.379 e. The van der Waals surface area contributed by atoms with Crippen molar-refractivity contribution in [1.29, 1.82) is 0 Å². The molecular weight excluding hydrogens is 392 g/mol. The van der Waals surface area contributed by atoms with Gasteiger partial charge in [-0.1, -0.05) is 33.8 Å². The molecule has 30 heavy (non-hydrogen) atoms. The minimum absolute atomic E-state index is 0.0625. The quantitative estimate of drug-likeness (QED) is 0.377. The van der Waals surface area contributed by atoms with Crippen LogP contribution in [0, 0.1) is 0 Å². The van der Waals surface area contributed by atoms with Crippen molar-refractivity contribution in [2.45, 2.75) is 53.9 Å². The summed E-state index contributed by atoms with van der Waals surface area (Å²) in [5, 5.41) is 2.47. The van der Waals surface area contributed by atoms with Gasteiger partial charge in [-0.05, 0) is 13.3 Å². The fraction of sp³-hybridized carbons (Fsp3) is 0.762. The number of amides is 2. The molecule has 0 bridgehead atoms. The van der Waals surface area contributed by atoms with E-state index in [1.807, 2.05) is 6.79 Å². The second-order valence-electron chi connectivity index (χ2n) is 5.83. The molecular formula is C21H44N2O7. The van der Waals surface area contributed by atoms with Crippen LogP contribution in [0.3, 0.4) is 0 Å². The van der Waals surface area contributed by atoms with Crippen molar-refractivity contribution in [3.8, 4) is 0 Å². The molecule has 0 aromatic heterocycles. The number of nitrogens with one attached hydrogen (secondary N) is 1. The van der Waals surface area contributed by atoms with Crippen molar-refractivity contribution in [2.75, 3.05) is 52.9 Å². The van der Waals surface area contributed by atoms with E-state index in [0.717, 1.165) is 13.0 Å². The Hall–Kier alpha value is -1.81. The first-order valence-electron chi connectivity index (χ1n) is 10.1. The normalized spacial score (nSPS) is 8.97. The predicted molar refractivity (Wildman–Crippen MR) is 119 cm³/mol. The molecule has 0 fully saturated rings. The predicted octanol–water partition coefficient (Wildman–Crippen LogP) is 2.23. The summed E-state index contributed by atoms with van der Waals surface area (Å²) in [5.41, 5.74) is 5.64. The molecule has 0 aromatic rings. The van der Waals surface area contributed by atoms with Crippen LogP contribution in [0.15, 0.2) is 12.3 Å². The molecule has 0 saturated carbocycles. The highest BCUT2D eigenvalue weighted by atomic mass is 16.6. The molecule has 0 unspecified atom stereocenters. The maximum Gasteiger partial charge on any atom is 0.220 e. The zero-order chi connectivity index (χ0) is 24.0. The minimum atomic E-state index is -0.352. The molecule has 2 amide bonds. The van der Waals surface area contributed by atoms with E-state index >= 15 is 0 Å². The number of rotatable bonds is 15. The monoisotopic (exact) mass is 436 g/mol. The van der Waals surface area contributed by atoms with Crippen LogP contribution < -0.4 is 11.1 Å². The Balaban J connectivity index is -0.000000232. The van der Waals surface area contributed by atoms with E-state index < -0.39 is 0 Å². The van der Waals surface area contributed by atoms with Gasteiger partial charge in [-0.25, -0.2) is 0 Å². The summed E-state index contributed by atoms with van der Waals surface area (Å²) in [6, 6.07) is 0. The van der Waals surface area contributed by atoms with Crippen LogP contribution in [-0.2, 0) is 33.3 Å². The summed E-state index contributed by atoms with van der Waals surface area (Å²) < 4.78 is 20.9. The van der Waals surface area contributed by atoms with Gasteiger partial charge in [-0.15, -0.1) is 0 Å². The van der Waals surface area contributed by atoms with Gasteiger partial charge in [0.2, 0.25) is 11.8 Å². The lowest BCUT2D eigenvalue weighted by molar-refractivity contribution is -0.119. The molecule has 9 heteroatoms. The molecule has 0 aromatic carbocycles. The summed E-state index contributed by atoms with van der Waals surface area (Å²) in [4.78, 5) is 28.5. The van der Waals surface area contributed by atoms with E-state index in [-0.39, 0.29) is 18.2 Å². The Morgan fingerprint density at radius 3 is 1.33 bits per heavy atom.